The van der Waals surface area contributed by atoms with Crippen molar-refractivity contribution in [1.29, 1.82) is 0 Å². The number of aromatic hydroxyl groups is 1. The number of phenols is 1. The second-order valence-corrected chi connectivity index (χ2v) is 9.24. The number of rotatable bonds is 8. The topological polar surface area (TPSA) is 156 Å². The maximum absolute atomic E-state index is 13.0. The van der Waals surface area contributed by atoms with Crippen molar-refractivity contribution < 1.29 is 37.1 Å². The van der Waals surface area contributed by atoms with E-state index in [4.69, 9.17) is 14.2 Å². The molecule has 0 unspecified atom stereocenters. The minimum Gasteiger partial charge on any atom is -0.505 e. The van der Waals surface area contributed by atoms with Crippen LogP contribution in [0.1, 0.15) is 10.4 Å². The number of azo groups is 1. The monoisotopic (exact) mass is 537 g/mol. The van der Waals surface area contributed by atoms with Crippen molar-refractivity contribution in [3.8, 4) is 23.0 Å². The van der Waals surface area contributed by atoms with Gasteiger partial charge in [-0.25, -0.2) is 0 Å². The Kier molecular flexibility index (Phi) is 7.46. The van der Waals surface area contributed by atoms with Gasteiger partial charge in [0.15, 0.2) is 5.75 Å². The number of phenolic OH excluding ortho intramolecular Hbond substituents is 1. The molecule has 3 N–H and O–H groups in total. The van der Waals surface area contributed by atoms with Gasteiger partial charge in [-0.1, -0.05) is 18.2 Å². The van der Waals surface area contributed by atoms with E-state index in [1.807, 2.05) is 0 Å². The first-order valence-corrected chi connectivity index (χ1v) is 12.5. The predicted octanol–water partition coefficient (Wildman–Crippen LogP) is 5.49. The summed E-state index contributed by atoms with van der Waals surface area (Å²) in [6, 6.07) is 17.0. The van der Waals surface area contributed by atoms with Crippen LogP contribution < -0.4 is 19.5 Å². The van der Waals surface area contributed by atoms with Gasteiger partial charge in [0.25, 0.3) is 16.0 Å². The third kappa shape index (κ3) is 5.21. The zero-order valence-corrected chi connectivity index (χ0v) is 21.3. The average Bonchev–Trinajstić information content (AvgIpc) is 2.91. The van der Waals surface area contributed by atoms with Crippen molar-refractivity contribution in [3.05, 3.63) is 72.3 Å². The number of hydrogen-bond donors (Lipinski definition) is 3. The molecular weight excluding hydrogens is 514 g/mol. The van der Waals surface area contributed by atoms with Gasteiger partial charge < -0.3 is 24.6 Å². The molecule has 0 aliphatic rings. The molecule has 0 radical (unpaired) electrons. The summed E-state index contributed by atoms with van der Waals surface area (Å²) in [5.74, 6) is -0.117. The minimum atomic E-state index is -4.83. The van der Waals surface area contributed by atoms with Gasteiger partial charge in [0, 0.05) is 11.1 Å². The number of nitrogens with one attached hydrogen (secondary N) is 1. The Morgan fingerprint density at radius 1 is 0.842 bits per heavy atom. The SMILES string of the molecule is COc1ccccc1N=Nc1c(S(=O)(=O)O)cc2cc(NC(=O)c3c(OC)cccc3OC)ccc2c1O. The lowest BCUT2D eigenvalue weighted by molar-refractivity contribution is 0.102. The van der Waals surface area contributed by atoms with Gasteiger partial charge in [-0.15, -0.1) is 10.2 Å². The summed E-state index contributed by atoms with van der Waals surface area (Å²) < 4.78 is 50.0. The van der Waals surface area contributed by atoms with Crippen LogP contribution in [0.3, 0.4) is 0 Å². The van der Waals surface area contributed by atoms with Crippen LogP contribution in [0.25, 0.3) is 10.8 Å². The molecule has 0 atom stereocenters. The summed E-state index contributed by atoms with van der Waals surface area (Å²) in [5.41, 5.74) is 0.257. The maximum atomic E-state index is 13.0. The normalized spacial score (nSPS) is 11.5. The smallest absolute Gasteiger partial charge is 0.296 e. The Hall–Kier alpha value is -4.68. The van der Waals surface area contributed by atoms with Crippen LogP contribution in [-0.2, 0) is 10.1 Å². The maximum Gasteiger partial charge on any atom is 0.296 e. The molecule has 0 saturated carbocycles. The van der Waals surface area contributed by atoms with Gasteiger partial charge in [-0.2, -0.15) is 8.42 Å². The lowest BCUT2D eigenvalue weighted by Gasteiger charge is -2.14. The molecule has 196 valence electrons. The van der Waals surface area contributed by atoms with Crippen LogP contribution in [0.2, 0.25) is 0 Å². The number of nitrogens with zero attached hydrogens (tertiary/aromatic N) is 2. The van der Waals surface area contributed by atoms with E-state index in [0.717, 1.165) is 6.07 Å². The lowest BCUT2D eigenvalue weighted by atomic mass is 10.1. The first-order valence-electron chi connectivity index (χ1n) is 11.0. The molecule has 4 aromatic rings. The lowest BCUT2D eigenvalue weighted by Crippen LogP contribution is -2.14. The van der Waals surface area contributed by atoms with Gasteiger partial charge in [-0.05, 0) is 53.9 Å². The predicted molar refractivity (Wildman–Crippen MR) is 140 cm³/mol. The molecule has 4 rings (SSSR count). The molecule has 0 heterocycles. The number of carbonyl (C=O) groups excluding carboxylic acids is 1. The van der Waals surface area contributed by atoms with Gasteiger partial charge in [0.05, 0.1) is 21.3 Å². The van der Waals surface area contributed by atoms with Crippen LogP contribution in [0.5, 0.6) is 23.0 Å². The third-order valence-corrected chi connectivity index (χ3v) is 6.45. The molecule has 0 bridgehead atoms. The number of amides is 1. The molecule has 38 heavy (non-hydrogen) atoms. The summed E-state index contributed by atoms with van der Waals surface area (Å²) >= 11 is 0. The van der Waals surface area contributed by atoms with E-state index in [-0.39, 0.29) is 27.7 Å². The molecule has 4 aromatic carbocycles. The van der Waals surface area contributed by atoms with Crippen molar-refractivity contribution in [2.75, 3.05) is 26.6 Å². The Labute approximate surface area is 218 Å². The van der Waals surface area contributed by atoms with Crippen molar-refractivity contribution in [3.63, 3.8) is 0 Å². The van der Waals surface area contributed by atoms with E-state index in [2.05, 4.69) is 15.5 Å². The highest BCUT2D eigenvalue weighted by molar-refractivity contribution is 7.86. The van der Waals surface area contributed by atoms with E-state index in [0.29, 0.717) is 17.2 Å². The highest BCUT2D eigenvalue weighted by Crippen LogP contribution is 2.42. The van der Waals surface area contributed by atoms with Crippen molar-refractivity contribution >= 4 is 43.9 Å². The van der Waals surface area contributed by atoms with Crippen molar-refractivity contribution in [2.24, 2.45) is 10.2 Å². The molecular formula is C26H23N3O8S. The molecule has 0 saturated heterocycles. The molecule has 0 spiro atoms. The minimum absolute atomic E-state index is 0.158. The Morgan fingerprint density at radius 3 is 2.11 bits per heavy atom. The van der Waals surface area contributed by atoms with Crippen molar-refractivity contribution in [1.82, 2.24) is 0 Å². The summed E-state index contributed by atoms with van der Waals surface area (Å²) in [5, 5.41) is 21.9. The fourth-order valence-corrected chi connectivity index (χ4v) is 4.47. The number of fused-ring (bicyclic) bond motifs is 1. The number of carbonyl (C=O) groups is 1. The van der Waals surface area contributed by atoms with Gasteiger partial charge in [-0.3, -0.25) is 9.35 Å². The van der Waals surface area contributed by atoms with Crippen LogP contribution in [0, 0.1) is 0 Å². The Morgan fingerprint density at radius 2 is 1.47 bits per heavy atom. The number of ether oxygens (including phenoxy) is 3. The fraction of sp³-hybridized carbons (Fsp3) is 0.115. The molecule has 0 fully saturated rings. The first-order chi connectivity index (χ1) is 18.2. The van der Waals surface area contributed by atoms with E-state index in [1.165, 1.54) is 39.5 Å². The van der Waals surface area contributed by atoms with Gasteiger partial charge in [0.1, 0.15) is 39.1 Å². The molecule has 1 amide bonds. The molecule has 0 aliphatic heterocycles. The zero-order chi connectivity index (χ0) is 27.4. The van der Waals surface area contributed by atoms with Gasteiger partial charge >= 0.3 is 0 Å². The number of hydrogen-bond acceptors (Lipinski definition) is 9. The molecule has 11 nitrogen and oxygen atoms in total. The molecule has 12 heteroatoms. The second kappa shape index (κ2) is 10.7. The Bertz CT molecular complexity index is 1650. The zero-order valence-electron chi connectivity index (χ0n) is 20.5. The van der Waals surface area contributed by atoms with E-state index in [9.17, 15) is 22.9 Å². The average molecular weight is 538 g/mol. The fourth-order valence-electron chi connectivity index (χ4n) is 3.81. The summed E-state index contributed by atoms with van der Waals surface area (Å²) in [4.78, 5) is 12.4. The number of methoxy groups -OCH3 is 3. The third-order valence-electron chi connectivity index (χ3n) is 5.58. The summed E-state index contributed by atoms with van der Waals surface area (Å²) in [7, 11) is -0.552. The van der Waals surface area contributed by atoms with E-state index >= 15 is 0 Å². The Balaban J connectivity index is 1.78. The number of para-hydroxylation sites is 1. The number of benzene rings is 4. The van der Waals surface area contributed by atoms with E-state index in [1.54, 1.807) is 42.5 Å². The molecule has 0 aromatic heterocycles. The van der Waals surface area contributed by atoms with Crippen LogP contribution in [0.4, 0.5) is 17.1 Å². The second-order valence-electron chi connectivity index (χ2n) is 7.85. The summed E-state index contributed by atoms with van der Waals surface area (Å²) in [6.45, 7) is 0. The molecule has 0 aliphatic carbocycles. The van der Waals surface area contributed by atoms with E-state index < -0.39 is 32.4 Å². The highest BCUT2D eigenvalue weighted by Gasteiger charge is 2.23. The van der Waals surface area contributed by atoms with Crippen LogP contribution in [0.15, 0.2) is 81.9 Å². The highest BCUT2D eigenvalue weighted by atomic mass is 32.2. The van der Waals surface area contributed by atoms with Gasteiger partial charge in [0.2, 0.25) is 0 Å². The van der Waals surface area contributed by atoms with Crippen LogP contribution in [-0.4, -0.2) is 45.3 Å². The summed E-state index contributed by atoms with van der Waals surface area (Å²) in [6.07, 6.45) is 0. The quantitative estimate of drug-likeness (QED) is 0.197. The number of anilines is 1. The standard InChI is InChI=1S/C26H23N3O8S/c1-35-19-8-5-4-7-18(19)28-29-24-22(38(32,33)34)14-15-13-16(11-12-17(15)25(24)30)27-26(31)23-20(36-2)9-6-10-21(23)37-3/h4-14,30H,1-3H3,(H,27,31)(H,32,33,34). The first kappa shape index (κ1) is 26.4. The largest absolute Gasteiger partial charge is 0.505 e. The van der Waals surface area contributed by atoms with Crippen LogP contribution >= 0.6 is 0 Å². The van der Waals surface area contributed by atoms with Crippen molar-refractivity contribution in [2.45, 2.75) is 4.90 Å².